The van der Waals surface area contributed by atoms with Crippen LogP contribution in [0.3, 0.4) is 0 Å². The van der Waals surface area contributed by atoms with Crippen molar-refractivity contribution in [3.63, 3.8) is 0 Å². The van der Waals surface area contributed by atoms with E-state index < -0.39 is 0 Å². The summed E-state index contributed by atoms with van der Waals surface area (Å²) in [5.74, 6) is -0.490. The lowest BCUT2D eigenvalue weighted by atomic mass is 10.0. The van der Waals surface area contributed by atoms with Crippen molar-refractivity contribution in [1.82, 2.24) is 0 Å². The molecule has 1 atom stereocenters. The number of amides is 1. The molecule has 0 bridgehead atoms. The summed E-state index contributed by atoms with van der Waals surface area (Å²) in [6.45, 7) is 0. The minimum atomic E-state index is -0.259. The predicted octanol–water partition coefficient (Wildman–Crippen LogP) is 3.64. The van der Waals surface area contributed by atoms with Crippen LogP contribution in [0, 0.1) is 5.82 Å². The molecule has 0 aliphatic heterocycles. The Balaban J connectivity index is 2.02. The average Bonchev–Trinajstić information content (AvgIpc) is 2.49. The van der Waals surface area contributed by atoms with Gasteiger partial charge in [-0.2, -0.15) is 11.8 Å². The van der Waals surface area contributed by atoms with Crippen LogP contribution in [0.5, 0.6) is 0 Å². The van der Waals surface area contributed by atoms with Gasteiger partial charge in [0.1, 0.15) is 5.82 Å². The van der Waals surface area contributed by atoms with Crippen LogP contribution in [-0.2, 0) is 11.2 Å². The molecule has 2 aromatic carbocycles. The summed E-state index contributed by atoms with van der Waals surface area (Å²) in [5, 5.41) is -0.137. The molecule has 0 saturated carbocycles. The van der Waals surface area contributed by atoms with Crippen LogP contribution in [0.15, 0.2) is 48.5 Å². The molecule has 0 heterocycles. The Morgan fingerprint density at radius 3 is 2.10 bits per heavy atom. The number of hydrogen-bond acceptors (Lipinski definition) is 2. The van der Waals surface area contributed by atoms with Crippen LogP contribution in [-0.4, -0.2) is 17.4 Å². The van der Waals surface area contributed by atoms with Crippen molar-refractivity contribution < 1.29 is 9.18 Å². The minimum absolute atomic E-state index is 0.137. The fourth-order valence-corrected chi connectivity index (χ4v) is 2.77. The van der Waals surface area contributed by atoms with Crippen molar-refractivity contribution in [3.8, 4) is 11.1 Å². The number of thioether (sulfide) groups is 1. The van der Waals surface area contributed by atoms with E-state index >= 15 is 0 Å². The molecule has 2 aromatic rings. The number of nitrogens with two attached hydrogens (primary N) is 1. The van der Waals surface area contributed by atoms with Crippen molar-refractivity contribution in [2.45, 2.75) is 18.1 Å². The SMILES string of the molecule is CSC(CCc1ccc(-c2ccc(F)cc2)cc1)C(N)=O. The average molecular weight is 303 g/mol. The minimum Gasteiger partial charge on any atom is -0.369 e. The fraction of sp³-hybridized carbons (Fsp3) is 0.235. The molecule has 0 aliphatic rings. The normalized spacial score (nSPS) is 12.1. The first kappa shape index (κ1) is 15.6. The number of hydrogen-bond donors (Lipinski definition) is 1. The Labute approximate surface area is 128 Å². The summed E-state index contributed by atoms with van der Waals surface area (Å²) in [5.41, 5.74) is 8.54. The third kappa shape index (κ3) is 4.33. The number of benzene rings is 2. The van der Waals surface area contributed by atoms with Crippen molar-refractivity contribution in [2.75, 3.05) is 6.26 Å². The predicted molar refractivity (Wildman–Crippen MR) is 86.7 cm³/mol. The molecule has 1 unspecified atom stereocenters. The monoisotopic (exact) mass is 303 g/mol. The van der Waals surface area contributed by atoms with Gasteiger partial charge in [0.2, 0.25) is 5.91 Å². The molecule has 110 valence electrons. The van der Waals surface area contributed by atoms with Gasteiger partial charge in [-0.3, -0.25) is 4.79 Å². The maximum absolute atomic E-state index is 12.9. The molecule has 2 rings (SSSR count). The topological polar surface area (TPSA) is 43.1 Å². The van der Waals surface area contributed by atoms with E-state index in [4.69, 9.17) is 5.73 Å². The molecule has 0 aliphatic carbocycles. The van der Waals surface area contributed by atoms with E-state index in [-0.39, 0.29) is 17.0 Å². The van der Waals surface area contributed by atoms with Gasteiger partial charge in [-0.25, -0.2) is 4.39 Å². The second-order valence-electron chi connectivity index (χ2n) is 4.87. The van der Waals surface area contributed by atoms with E-state index in [0.29, 0.717) is 0 Å². The van der Waals surface area contributed by atoms with E-state index in [0.717, 1.165) is 24.0 Å². The largest absolute Gasteiger partial charge is 0.369 e. The molecule has 0 spiro atoms. The van der Waals surface area contributed by atoms with Crippen LogP contribution in [0.4, 0.5) is 4.39 Å². The maximum atomic E-state index is 12.9. The molecule has 0 radical (unpaired) electrons. The van der Waals surface area contributed by atoms with Crippen molar-refractivity contribution >= 4 is 17.7 Å². The van der Waals surface area contributed by atoms with Crippen molar-refractivity contribution in [1.29, 1.82) is 0 Å². The number of carbonyl (C=O) groups excluding carboxylic acids is 1. The zero-order chi connectivity index (χ0) is 15.2. The lowest BCUT2D eigenvalue weighted by Gasteiger charge is -2.10. The molecule has 21 heavy (non-hydrogen) atoms. The van der Waals surface area contributed by atoms with E-state index in [1.165, 1.54) is 29.5 Å². The van der Waals surface area contributed by atoms with Gasteiger partial charge < -0.3 is 5.73 Å². The van der Waals surface area contributed by atoms with Gasteiger partial charge >= 0.3 is 0 Å². The molecule has 0 fully saturated rings. The number of primary amides is 1. The first-order valence-corrected chi connectivity index (χ1v) is 8.06. The Hall–Kier alpha value is -1.81. The maximum Gasteiger partial charge on any atom is 0.230 e. The zero-order valence-corrected chi connectivity index (χ0v) is 12.7. The molecule has 2 nitrogen and oxygen atoms in total. The first-order chi connectivity index (χ1) is 10.1. The summed E-state index contributed by atoms with van der Waals surface area (Å²) in [6, 6.07) is 14.6. The van der Waals surface area contributed by atoms with Crippen LogP contribution >= 0.6 is 11.8 Å². The lowest BCUT2D eigenvalue weighted by Crippen LogP contribution is -2.25. The van der Waals surface area contributed by atoms with Crippen LogP contribution in [0.1, 0.15) is 12.0 Å². The van der Waals surface area contributed by atoms with Gasteiger partial charge in [0.25, 0.3) is 0 Å². The van der Waals surface area contributed by atoms with Crippen molar-refractivity contribution in [2.24, 2.45) is 5.73 Å². The third-order valence-electron chi connectivity index (χ3n) is 3.43. The molecular formula is C17H18FNOS. The third-order valence-corrected chi connectivity index (χ3v) is 4.47. The smallest absolute Gasteiger partial charge is 0.230 e. The molecular weight excluding hydrogens is 285 g/mol. The van der Waals surface area contributed by atoms with Gasteiger partial charge in [-0.15, -0.1) is 0 Å². The molecule has 2 N–H and O–H groups in total. The van der Waals surface area contributed by atoms with E-state index in [2.05, 4.69) is 0 Å². The summed E-state index contributed by atoms with van der Waals surface area (Å²) < 4.78 is 12.9. The number of aryl methyl sites for hydroxylation is 1. The highest BCUT2D eigenvalue weighted by atomic mass is 32.2. The highest BCUT2D eigenvalue weighted by molar-refractivity contribution is 7.99. The first-order valence-electron chi connectivity index (χ1n) is 6.77. The summed E-state index contributed by atoms with van der Waals surface area (Å²) >= 11 is 1.49. The van der Waals surface area contributed by atoms with E-state index in [1.807, 2.05) is 30.5 Å². The Morgan fingerprint density at radius 1 is 1.10 bits per heavy atom. The second kappa shape index (κ2) is 7.27. The summed E-state index contributed by atoms with van der Waals surface area (Å²) in [6.07, 6.45) is 3.46. The molecule has 0 saturated heterocycles. The highest BCUT2D eigenvalue weighted by Crippen LogP contribution is 2.21. The number of carbonyl (C=O) groups is 1. The molecule has 4 heteroatoms. The lowest BCUT2D eigenvalue weighted by molar-refractivity contribution is -0.117. The highest BCUT2D eigenvalue weighted by Gasteiger charge is 2.13. The zero-order valence-electron chi connectivity index (χ0n) is 11.9. The molecule has 1 amide bonds. The van der Waals surface area contributed by atoms with Crippen LogP contribution in [0.25, 0.3) is 11.1 Å². The van der Waals surface area contributed by atoms with Gasteiger partial charge in [-0.1, -0.05) is 36.4 Å². The second-order valence-corrected chi connectivity index (χ2v) is 5.91. The standard InChI is InChI=1S/C17H18FNOS/c1-21-16(17(19)20)11-4-12-2-5-13(6-3-12)14-7-9-15(18)10-8-14/h2-3,5-10,16H,4,11H2,1H3,(H2,19,20). The Bertz CT molecular complexity index is 595. The van der Waals surface area contributed by atoms with Crippen molar-refractivity contribution in [3.05, 3.63) is 59.9 Å². The Morgan fingerprint density at radius 2 is 1.62 bits per heavy atom. The quantitative estimate of drug-likeness (QED) is 0.885. The number of halogens is 1. The van der Waals surface area contributed by atoms with Gasteiger partial charge in [0, 0.05) is 0 Å². The number of rotatable bonds is 6. The van der Waals surface area contributed by atoms with Crippen LogP contribution in [0.2, 0.25) is 0 Å². The van der Waals surface area contributed by atoms with E-state index in [9.17, 15) is 9.18 Å². The summed E-state index contributed by atoms with van der Waals surface area (Å²) in [7, 11) is 0. The van der Waals surface area contributed by atoms with Crippen LogP contribution < -0.4 is 5.73 Å². The van der Waals surface area contributed by atoms with E-state index in [1.54, 1.807) is 12.1 Å². The van der Waals surface area contributed by atoms with Gasteiger partial charge in [0.05, 0.1) is 5.25 Å². The summed E-state index contributed by atoms with van der Waals surface area (Å²) in [4.78, 5) is 11.2. The Kier molecular flexibility index (Phi) is 5.39. The van der Waals surface area contributed by atoms with Gasteiger partial charge in [-0.05, 0) is 47.9 Å². The molecule has 0 aromatic heterocycles. The fourth-order valence-electron chi connectivity index (χ4n) is 2.18. The van der Waals surface area contributed by atoms with Gasteiger partial charge in [0.15, 0.2) is 0 Å².